The number of fused-ring (bicyclic) bond motifs is 1. The minimum Gasteiger partial charge on any atom is -0.469 e. The van der Waals surface area contributed by atoms with E-state index >= 15 is 0 Å². The molecule has 3 nitrogen and oxygen atoms in total. The summed E-state index contributed by atoms with van der Waals surface area (Å²) >= 11 is 0. The zero-order valence-corrected chi connectivity index (χ0v) is 8.49. The summed E-state index contributed by atoms with van der Waals surface area (Å²) in [5.74, 6) is 1.90. The van der Waals surface area contributed by atoms with Crippen LogP contribution in [0.25, 0.3) is 0 Å². The fourth-order valence-electron chi connectivity index (χ4n) is 2.99. The molecule has 0 saturated heterocycles. The van der Waals surface area contributed by atoms with E-state index in [1.165, 1.54) is 7.11 Å². The maximum atomic E-state index is 11.2. The quantitative estimate of drug-likeness (QED) is 0.629. The molecular weight excluding hydrogens is 180 g/mol. The lowest BCUT2D eigenvalue weighted by molar-refractivity contribution is -0.141. The Kier molecular flexibility index (Phi) is 2.57. The van der Waals surface area contributed by atoms with Gasteiger partial charge in [0, 0.05) is 19.3 Å². The van der Waals surface area contributed by atoms with Gasteiger partial charge in [0.05, 0.1) is 7.11 Å². The summed E-state index contributed by atoms with van der Waals surface area (Å²) < 4.78 is 4.65. The lowest BCUT2D eigenvalue weighted by Crippen LogP contribution is -2.08. The summed E-state index contributed by atoms with van der Waals surface area (Å²) in [6.45, 7) is 0. The number of carbonyl (C=O) groups excluding carboxylic acids is 2. The summed E-state index contributed by atoms with van der Waals surface area (Å²) in [6.07, 6.45) is 4.14. The third-order valence-electron chi connectivity index (χ3n) is 3.60. The van der Waals surface area contributed by atoms with Crippen molar-refractivity contribution in [1.82, 2.24) is 0 Å². The van der Waals surface area contributed by atoms with Crippen LogP contribution in [0.4, 0.5) is 0 Å². The van der Waals surface area contributed by atoms with Crippen molar-refractivity contribution in [2.45, 2.75) is 32.1 Å². The molecule has 0 spiro atoms. The van der Waals surface area contributed by atoms with Crippen LogP contribution in [0.2, 0.25) is 0 Å². The van der Waals surface area contributed by atoms with Crippen LogP contribution in [-0.2, 0) is 14.3 Å². The molecule has 0 amide bonds. The minimum absolute atomic E-state index is 0.110. The molecule has 0 heterocycles. The highest BCUT2D eigenvalue weighted by molar-refractivity contribution is 5.81. The average Bonchev–Trinajstić information content (AvgIpc) is 2.60. The third kappa shape index (κ3) is 1.81. The van der Waals surface area contributed by atoms with Crippen LogP contribution >= 0.6 is 0 Å². The molecule has 2 aliphatic rings. The Morgan fingerprint density at radius 1 is 1.36 bits per heavy atom. The van der Waals surface area contributed by atoms with Crippen molar-refractivity contribution in [3.05, 3.63) is 0 Å². The van der Waals surface area contributed by atoms with Gasteiger partial charge in [-0.3, -0.25) is 9.59 Å². The maximum Gasteiger partial charge on any atom is 0.305 e. The number of methoxy groups -OCH3 is 1. The first kappa shape index (κ1) is 9.69. The van der Waals surface area contributed by atoms with Crippen molar-refractivity contribution in [2.75, 3.05) is 7.11 Å². The number of hydrogen-bond donors (Lipinski definition) is 0. The highest BCUT2D eigenvalue weighted by Gasteiger charge is 2.41. The topological polar surface area (TPSA) is 43.4 Å². The Balaban J connectivity index is 1.85. The Labute approximate surface area is 83.8 Å². The number of carbonyl (C=O) groups is 2. The largest absolute Gasteiger partial charge is 0.469 e. The zero-order chi connectivity index (χ0) is 10.1. The molecule has 3 heteroatoms. The monoisotopic (exact) mass is 196 g/mol. The standard InChI is InChI=1S/C11H16O3/c1-14-11(13)4-7-2-8-5-10(12)6-9(8)3-7/h7-9H,2-6H2,1H3. The first-order valence-corrected chi connectivity index (χ1v) is 5.27. The number of ether oxygens (including phenoxy) is 1. The summed E-state index contributed by atoms with van der Waals surface area (Å²) in [4.78, 5) is 22.2. The second-order valence-corrected chi connectivity index (χ2v) is 4.58. The Bertz CT molecular complexity index is 243. The molecule has 2 fully saturated rings. The van der Waals surface area contributed by atoms with Gasteiger partial charge in [0.25, 0.3) is 0 Å². The van der Waals surface area contributed by atoms with E-state index in [2.05, 4.69) is 4.74 Å². The molecular formula is C11H16O3. The van der Waals surface area contributed by atoms with Crippen molar-refractivity contribution in [3.63, 3.8) is 0 Å². The highest BCUT2D eigenvalue weighted by Crippen LogP contribution is 2.46. The van der Waals surface area contributed by atoms with Crippen molar-refractivity contribution < 1.29 is 14.3 Å². The Hall–Kier alpha value is -0.860. The molecule has 0 N–H and O–H groups in total. The highest BCUT2D eigenvalue weighted by atomic mass is 16.5. The third-order valence-corrected chi connectivity index (χ3v) is 3.60. The molecule has 78 valence electrons. The van der Waals surface area contributed by atoms with E-state index in [1.807, 2.05) is 0 Å². The Morgan fingerprint density at radius 3 is 2.43 bits per heavy atom. The van der Waals surface area contributed by atoms with E-state index in [9.17, 15) is 9.59 Å². The van der Waals surface area contributed by atoms with E-state index in [1.54, 1.807) is 0 Å². The first-order chi connectivity index (χ1) is 6.69. The van der Waals surface area contributed by atoms with Crippen LogP contribution < -0.4 is 0 Å². The minimum atomic E-state index is -0.110. The van der Waals surface area contributed by atoms with Crippen molar-refractivity contribution in [3.8, 4) is 0 Å². The molecule has 0 aliphatic heterocycles. The molecule has 2 saturated carbocycles. The zero-order valence-electron chi connectivity index (χ0n) is 8.49. The number of ketones is 1. The van der Waals surface area contributed by atoms with Gasteiger partial charge >= 0.3 is 5.97 Å². The predicted octanol–water partition coefficient (Wildman–Crippen LogP) is 1.55. The average molecular weight is 196 g/mol. The summed E-state index contributed by atoms with van der Waals surface area (Å²) in [5.41, 5.74) is 0. The molecule has 0 aromatic rings. The number of esters is 1. The molecule has 2 rings (SSSR count). The molecule has 2 unspecified atom stereocenters. The normalized spacial score (nSPS) is 35.8. The van der Waals surface area contributed by atoms with E-state index in [0.29, 0.717) is 30.0 Å². The predicted molar refractivity (Wildman–Crippen MR) is 50.6 cm³/mol. The lowest BCUT2D eigenvalue weighted by Gasteiger charge is -2.08. The fourth-order valence-corrected chi connectivity index (χ4v) is 2.99. The van der Waals surface area contributed by atoms with E-state index in [0.717, 1.165) is 25.7 Å². The van der Waals surface area contributed by atoms with E-state index in [-0.39, 0.29) is 5.97 Å². The fraction of sp³-hybridized carbons (Fsp3) is 0.818. The van der Waals surface area contributed by atoms with Crippen LogP contribution in [-0.4, -0.2) is 18.9 Å². The number of hydrogen-bond acceptors (Lipinski definition) is 3. The van der Waals surface area contributed by atoms with Crippen LogP contribution in [0.5, 0.6) is 0 Å². The van der Waals surface area contributed by atoms with E-state index in [4.69, 9.17) is 0 Å². The second kappa shape index (κ2) is 3.71. The van der Waals surface area contributed by atoms with Gasteiger partial charge in [-0.15, -0.1) is 0 Å². The van der Waals surface area contributed by atoms with Gasteiger partial charge in [0.2, 0.25) is 0 Å². The molecule has 0 aromatic carbocycles. The van der Waals surface area contributed by atoms with Crippen LogP contribution in [0, 0.1) is 17.8 Å². The summed E-state index contributed by atoms with van der Waals surface area (Å²) in [6, 6.07) is 0. The van der Waals surface area contributed by atoms with E-state index < -0.39 is 0 Å². The van der Waals surface area contributed by atoms with Crippen LogP contribution in [0.3, 0.4) is 0 Å². The van der Waals surface area contributed by atoms with Crippen molar-refractivity contribution in [1.29, 1.82) is 0 Å². The lowest BCUT2D eigenvalue weighted by atomic mass is 10.00. The maximum absolute atomic E-state index is 11.2. The van der Waals surface area contributed by atoms with Crippen molar-refractivity contribution in [2.24, 2.45) is 17.8 Å². The van der Waals surface area contributed by atoms with Gasteiger partial charge in [-0.1, -0.05) is 0 Å². The number of Topliss-reactive ketones (excluding diaryl/α,β-unsaturated/α-hetero) is 1. The van der Waals surface area contributed by atoms with Gasteiger partial charge in [0.1, 0.15) is 5.78 Å². The molecule has 2 aliphatic carbocycles. The summed E-state index contributed by atoms with van der Waals surface area (Å²) in [7, 11) is 1.43. The van der Waals surface area contributed by atoms with Crippen LogP contribution in [0.15, 0.2) is 0 Å². The van der Waals surface area contributed by atoms with Crippen LogP contribution in [0.1, 0.15) is 32.1 Å². The molecule has 14 heavy (non-hydrogen) atoms. The van der Waals surface area contributed by atoms with Crippen molar-refractivity contribution >= 4 is 11.8 Å². The second-order valence-electron chi connectivity index (χ2n) is 4.58. The Morgan fingerprint density at radius 2 is 1.93 bits per heavy atom. The van der Waals surface area contributed by atoms with Gasteiger partial charge in [0.15, 0.2) is 0 Å². The molecule has 0 aromatic heterocycles. The van der Waals surface area contributed by atoms with Gasteiger partial charge < -0.3 is 4.74 Å². The van der Waals surface area contributed by atoms with Gasteiger partial charge in [-0.25, -0.2) is 0 Å². The summed E-state index contributed by atoms with van der Waals surface area (Å²) in [5, 5.41) is 0. The molecule has 0 bridgehead atoms. The first-order valence-electron chi connectivity index (χ1n) is 5.27. The SMILES string of the molecule is COC(=O)CC1CC2CC(=O)CC2C1. The molecule has 0 radical (unpaired) electrons. The number of rotatable bonds is 2. The smallest absolute Gasteiger partial charge is 0.305 e. The van der Waals surface area contributed by atoms with Gasteiger partial charge in [-0.05, 0) is 30.6 Å². The molecule has 2 atom stereocenters. The van der Waals surface area contributed by atoms with Gasteiger partial charge in [-0.2, -0.15) is 0 Å².